The van der Waals surface area contributed by atoms with Crippen molar-refractivity contribution in [2.75, 3.05) is 0 Å². The van der Waals surface area contributed by atoms with Crippen LogP contribution in [0.2, 0.25) is 0 Å². The molecule has 2 rings (SSSR count). The number of benzene rings is 1. The maximum absolute atomic E-state index is 10.9. The van der Waals surface area contributed by atoms with Crippen LogP contribution in [0.15, 0.2) is 29.8 Å². The molecule has 0 aliphatic rings. The molecule has 0 fully saturated rings. The van der Waals surface area contributed by atoms with Crippen LogP contribution in [-0.2, 0) is 4.79 Å². The Morgan fingerprint density at radius 3 is 2.67 bits per heavy atom. The van der Waals surface area contributed by atoms with Crippen molar-refractivity contribution < 1.29 is 9.90 Å². The van der Waals surface area contributed by atoms with Gasteiger partial charge >= 0.3 is 5.97 Å². The Kier molecular flexibility index (Phi) is 4.21. The fourth-order valence-corrected chi connectivity index (χ4v) is 2.63. The number of pyridine rings is 1. The summed E-state index contributed by atoms with van der Waals surface area (Å²) < 4.78 is 2.00. The molecule has 1 aromatic heterocycles. The Morgan fingerprint density at radius 2 is 2.00 bits per heavy atom. The summed E-state index contributed by atoms with van der Waals surface area (Å²) in [6.45, 7) is 1.58. The average molecular weight is 465 g/mol. The zero-order valence-electron chi connectivity index (χ0n) is 9.45. The van der Waals surface area contributed by atoms with Crippen LogP contribution >= 0.6 is 45.2 Å². The van der Waals surface area contributed by atoms with Crippen LogP contribution < -0.4 is 0 Å². The Labute approximate surface area is 132 Å². The third-order valence-corrected chi connectivity index (χ3v) is 4.05. The molecule has 1 N–H and O–H groups in total. The fourth-order valence-electron chi connectivity index (χ4n) is 1.59. The molecular weight excluding hydrogens is 456 g/mol. The summed E-state index contributed by atoms with van der Waals surface area (Å²) in [6.07, 6.45) is 1.66. The number of nitrogens with zero attached hydrogens (tertiary/aromatic N) is 1. The van der Waals surface area contributed by atoms with E-state index in [0.717, 1.165) is 23.7 Å². The van der Waals surface area contributed by atoms with E-state index in [1.54, 1.807) is 13.0 Å². The third-order valence-electron chi connectivity index (χ3n) is 2.51. The number of carboxylic acids is 1. The smallest absolute Gasteiger partial charge is 0.331 e. The first-order valence-corrected chi connectivity index (χ1v) is 7.31. The maximum atomic E-state index is 10.9. The van der Waals surface area contributed by atoms with Crippen LogP contribution in [0.25, 0.3) is 17.0 Å². The molecule has 0 aliphatic carbocycles. The van der Waals surface area contributed by atoms with Crippen LogP contribution in [-0.4, -0.2) is 16.1 Å². The molecule has 1 aromatic carbocycles. The predicted molar refractivity (Wildman–Crippen MR) is 88.5 cm³/mol. The van der Waals surface area contributed by atoms with E-state index in [9.17, 15) is 4.79 Å². The largest absolute Gasteiger partial charge is 0.478 e. The molecule has 2 aromatic rings. The number of halogens is 2. The molecule has 18 heavy (non-hydrogen) atoms. The molecule has 0 radical (unpaired) electrons. The van der Waals surface area contributed by atoms with Crippen molar-refractivity contribution in [1.82, 2.24) is 4.98 Å². The van der Waals surface area contributed by atoms with E-state index in [1.807, 2.05) is 24.3 Å². The molecule has 0 spiro atoms. The zero-order chi connectivity index (χ0) is 13.3. The lowest BCUT2D eigenvalue weighted by atomic mass is 10.1. The summed E-state index contributed by atoms with van der Waals surface area (Å²) in [5.74, 6) is -0.910. The van der Waals surface area contributed by atoms with E-state index in [0.29, 0.717) is 5.57 Å². The highest BCUT2D eigenvalue weighted by Crippen LogP contribution is 2.25. The highest BCUT2D eigenvalue weighted by molar-refractivity contribution is 14.1. The Bertz CT molecular complexity index is 665. The summed E-state index contributed by atoms with van der Waals surface area (Å²) in [5, 5.41) is 9.98. The first kappa shape index (κ1) is 13.7. The van der Waals surface area contributed by atoms with E-state index in [1.165, 1.54) is 0 Å². The van der Waals surface area contributed by atoms with Crippen LogP contribution in [0.1, 0.15) is 12.5 Å². The van der Waals surface area contributed by atoms with E-state index in [4.69, 9.17) is 5.11 Å². The van der Waals surface area contributed by atoms with Gasteiger partial charge in [-0.3, -0.25) is 0 Å². The number of hydrogen-bond acceptors (Lipinski definition) is 2. The quantitative estimate of drug-likeness (QED) is 0.416. The number of hydrogen-bond donors (Lipinski definition) is 1. The van der Waals surface area contributed by atoms with Gasteiger partial charge in [-0.1, -0.05) is 6.07 Å². The van der Waals surface area contributed by atoms with Gasteiger partial charge in [-0.25, -0.2) is 9.78 Å². The van der Waals surface area contributed by atoms with E-state index in [2.05, 4.69) is 50.2 Å². The predicted octanol–water partition coefficient (Wildman–Crippen LogP) is 3.93. The number of carbonyl (C=O) groups is 1. The molecule has 3 nitrogen and oxygen atoms in total. The number of fused-ring (bicyclic) bond motifs is 1. The van der Waals surface area contributed by atoms with Gasteiger partial charge in [-0.15, -0.1) is 0 Å². The lowest BCUT2D eigenvalue weighted by Crippen LogP contribution is -1.96. The highest BCUT2D eigenvalue weighted by atomic mass is 127. The lowest BCUT2D eigenvalue weighted by Gasteiger charge is -2.05. The van der Waals surface area contributed by atoms with Crippen LogP contribution in [0.5, 0.6) is 0 Å². The minimum Gasteiger partial charge on any atom is -0.478 e. The lowest BCUT2D eigenvalue weighted by molar-refractivity contribution is -0.132. The number of aromatic nitrogens is 1. The highest BCUT2D eigenvalue weighted by Gasteiger charge is 2.07. The maximum Gasteiger partial charge on any atom is 0.331 e. The van der Waals surface area contributed by atoms with Gasteiger partial charge in [0, 0.05) is 20.1 Å². The molecule has 5 heteroatoms. The van der Waals surface area contributed by atoms with E-state index >= 15 is 0 Å². The molecule has 1 heterocycles. The normalized spacial score (nSPS) is 11.8. The van der Waals surface area contributed by atoms with Gasteiger partial charge in [0.1, 0.15) is 3.70 Å². The molecule has 0 saturated carbocycles. The fraction of sp³-hybridized carbons (Fsp3) is 0.0769. The number of carboxylic acid groups (broad SMARTS) is 1. The SMILES string of the molecule is C/C(=C\c1ccc(I)c2ccc(I)nc12)C(=O)O. The van der Waals surface area contributed by atoms with Crippen molar-refractivity contribution >= 4 is 68.1 Å². The van der Waals surface area contributed by atoms with Crippen LogP contribution in [0.4, 0.5) is 0 Å². The van der Waals surface area contributed by atoms with Gasteiger partial charge in [0.2, 0.25) is 0 Å². The van der Waals surface area contributed by atoms with Gasteiger partial charge in [0.15, 0.2) is 0 Å². The summed E-state index contributed by atoms with van der Waals surface area (Å²) in [6, 6.07) is 7.83. The Balaban J connectivity index is 2.72. The third kappa shape index (κ3) is 2.82. The van der Waals surface area contributed by atoms with Crippen LogP contribution in [0.3, 0.4) is 0 Å². The van der Waals surface area contributed by atoms with Crippen molar-refractivity contribution in [2.24, 2.45) is 0 Å². The second kappa shape index (κ2) is 5.52. The van der Waals surface area contributed by atoms with Gasteiger partial charge in [-0.05, 0) is 76.4 Å². The Morgan fingerprint density at radius 1 is 1.28 bits per heavy atom. The molecule has 92 valence electrons. The monoisotopic (exact) mass is 465 g/mol. The summed E-state index contributed by atoms with van der Waals surface area (Å²) in [4.78, 5) is 15.4. The second-order valence-corrected chi connectivity index (χ2v) is 6.07. The van der Waals surface area contributed by atoms with E-state index in [-0.39, 0.29) is 0 Å². The molecule has 0 atom stereocenters. The molecular formula is C13H9I2NO2. The summed E-state index contributed by atoms with van der Waals surface area (Å²) in [7, 11) is 0. The van der Waals surface area contributed by atoms with E-state index < -0.39 is 5.97 Å². The van der Waals surface area contributed by atoms with Crippen molar-refractivity contribution in [3.05, 3.63) is 42.7 Å². The minimum atomic E-state index is -0.910. The first-order valence-electron chi connectivity index (χ1n) is 5.15. The van der Waals surface area contributed by atoms with Gasteiger partial charge in [-0.2, -0.15) is 0 Å². The van der Waals surface area contributed by atoms with Crippen molar-refractivity contribution in [3.63, 3.8) is 0 Å². The van der Waals surface area contributed by atoms with Crippen molar-refractivity contribution in [3.8, 4) is 0 Å². The van der Waals surface area contributed by atoms with Crippen molar-refractivity contribution in [1.29, 1.82) is 0 Å². The van der Waals surface area contributed by atoms with Gasteiger partial charge in [0.05, 0.1) is 5.52 Å². The molecule has 0 amide bonds. The summed E-state index contributed by atoms with van der Waals surface area (Å²) >= 11 is 4.41. The second-order valence-electron chi connectivity index (χ2n) is 3.80. The van der Waals surface area contributed by atoms with Crippen molar-refractivity contribution in [2.45, 2.75) is 6.92 Å². The average Bonchev–Trinajstić information content (AvgIpc) is 2.32. The molecule has 0 unspecified atom stereocenters. The van der Waals surface area contributed by atoms with Gasteiger partial charge < -0.3 is 5.11 Å². The zero-order valence-corrected chi connectivity index (χ0v) is 13.8. The Hall–Kier alpha value is -0.700. The molecule has 0 saturated heterocycles. The molecule has 0 aliphatic heterocycles. The molecule has 0 bridgehead atoms. The van der Waals surface area contributed by atoms with Gasteiger partial charge in [0.25, 0.3) is 0 Å². The summed E-state index contributed by atoms with van der Waals surface area (Å²) in [5.41, 5.74) is 1.98. The number of aliphatic carboxylic acids is 1. The first-order chi connectivity index (χ1) is 8.49. The topological polar surface area (TPSA) is 50.2 Å². The van der Waals surface area contributed by atoms with Crippen LogP contribution in [0, 0.1) is 7.27 Å². The number of rotatable bonds is 2. The standard InChI is InChI=1S/C13H9I2NO2/c1-7(13(17)18)6-8-2-4-10(14)9-3-5-11(15)16-12(8)9/h2-6H,1H3,(H,17,18)/b7-6+. The minimum absolute atomic E-state index is 0.304.